The highest BCUT2D eigenvalue weighted by molar-refractivity contribution is 7.11. The van der Waals surface area contributed by atoms with Crippen molar-refractivity contribution >= 4 is 28.7 Å². The van der Waals surface area contributed by atoms with E-state index in [4.69, 9.17) is 4.42 Å². The van der Waals surface area contributed by atoms with Gasteiger partial charge in [-0.25, -0.2) is 9.37 Å². The summed E-state index contributed by atoms with van der Waals surface area (Å²) in [6.07, 6.45) is 1.53. The van der Waals surface area contributed by atoms with Crippen LogP contribution in [0, 0.1) is 27.3 Å². The Labute approximate surface area is 174 Å². The Morgan fingerprint density at radius 2 is 1.93 bits per heavy atom. The summed E-state index contributed by atoms with van der Waals surface area (Å²) in [6, 6.07) is 17.6. The zero-order valence-electron chi connectivity index (χ0n) is 15.3. The first-order valence-electron chi connectivity index (χ1n) is 8.72. The number of benzene rings is 2. The molecule has 2 aromatic carbocycles. The van der Waals surface area contributed by atoms with Gasteiger partial charge in [-0.2, -0.15) is 5.26 Å². The van der Waals surface area contributed by atoms with E-state index in [0.29, 0.717) is 27.8 Å². The van der Waals surface area contributed by atoms with Gasteiger partial charge in [0.25, 0.3) is 5.69 Å². The van der Waals surface area contributed by atoms with Crippen LogP contribution in [0.15, 0.2) is 70.5 Å². The van der Waals surface area contributed by atoms with Crippen LogP contribution in [0.5, 0.6) is 0 Å². The Kier molecular flexibility index (Phi) is 5.20. The van der Waals surface area contributed by atoms with Crippen molar-refractivity contribution in [2.24, 2.45) is 0 Å². The number of hydrogen-bond acceptors (Lipinski definition) is 6. The number of nitriles is 1. The SMILES string of the molecule is N#C/C(=C\c1ccc(-c2ccccc2[N+](=O)[O-])o1)c1nc(-c2ccc(F)cc2)cs1. The second-order valence-corrected chi connectivity index (χ2v) is 7.05. The van der Waals surface area contributed by atoms with Crippen LogP contribution < -0.4 is 0 Å². The lowest BCUT2D eigenvalue weighted by molar-refractivity contribution is -0.384. The number of rotatable bonds is 5. The van der Waals surface area contributed by atoms with Gasteiger partial charge in [0.15, 0.2) is 0 Å². The number of para-hydroxylation sites is 1. The maximum absolute atomic E-state index is 13.1. The smallest absolute Gasteiger partial charge is 0.280 e. The quantitative estimate of drug-likeness (QED) is 0.219. The highest BCUT2D eigenvalue weighted by Gasteiger charge is 2.17. The van der Waals surface area contributed by atoms with E-state index < -0.39 is 4.92 Å². The number of nitrogens with zero attached hydrogens (tertiary/aromatic N) is 3. The third-order valence-corrected chi connectivity index (χ3v) is 5.15. The lowest BCUT2D eigenvalue weighted by Gasteiger charge is -1.99. The number of aromatic nitrogens is 1. The van der Waals surface area contributed by atoms with Gasteiger partial charge in [-0.15, -0.1) is 11.3 Å². The molecule has 0 fully saturated rings. The van der Waals surface area contributed by atoms with Crippen molar-refractivity contribution in [3.63, 3.8) is 0 Å². The minimum absolute atomic E-state index is 0.0632. The lowest BCUT2D eigenvalue weighted by atomic mass is 10.1. The minimum atomic E-state index is -0.472. The molecular formula is C22H12FN3O3S. The van der Waals surface area contributed by atoms with Crippen LogP contribution in [0.2, 0.25) is 0 Å². The van der Waals surface area contributed by atoms with E-state index in [-0.39, 0.29) is 17.1 Å². The number of nitro benzene ring substituents is 1. The number of nitro groups is 1. The average Bonchev–Trinajstić information content (AvgIpc) is 3.42. The Bertz CT molecular complexity index is 1300. The van der Waals surface area contributed by atoms with E-state index >= 15 is 0 Å². The molecule has 30 heavy (non-hydrogen) atoms. The Morgan fingerprint density at radius 3 is 2.67 bits per heavy atom. The molecule has 146 valence electrons. The fourth-order valence-electron chi connectivity index (χ4n) is 2.85. The molecule has 4 rings (SSSR count). The largest absolute Gasteiger partial charge is 0.456 e. The van der Waals surface area contributed by atoms with Crippen molar-refractivity contribution in [1.82, 2.24) is 4.98 Å². The highest BCUT2D eigenvalue weighted by Crippen LogP contribution is 2.32. The first-order chi connectivity index (χ1) is 14.5. The van der Waals surface area contributed by atoms with Crippen molar-refractivity contribution in [3.8, 4) is 28.7 Å². The number of furan rings is 1. The summed E-state index contributed by atoms with van der Waals surface area (Å²) in [5.74, 6) is 0.370. The van der Waals surface area contributed by atoms with Gasteiger partial charge >= 0.3 is 0 Å². The standard InChI is InChI=1S/C22H12FN3O3S/c23-16-7-5-14(6-8-16)19-13-30-22(25-19)15(12-24)11-17-9-10-21(29-17)18-3-1-2-4-20(18)26(27)28/h1-11,13H/b15-11+. The molecular weight excluding hydrogens is 405 g/mol. The van der Waals surface area contributed by atoms with Crippen molar-refractivity contribution in [2.75, 3.05) is 0 Å². The van der Waals surface area contributed by atoms with Crippen LogP contribution in [0.25, 0.3) is 34.2 Å². The predicted octanol–water partition coefficient (Wildman–Crippen LogP) is 6.18. The third-order valence-electron chi connectivity index (χ3n) is 4.27. The van der Waals surface area contributed by atoms with E-state index in [0.717, 1.165) is 5.56 Å². The Balaban J connectivity index is 1.64. The van der Waals surface area contributed by atoms with E-state index in [1.165, 1.54) is 35.6 Å². The van der Waals surface area contributed by atoms with Crippen LogP contribution in [-0.4, -0.2) is 9.91 Å². The van der Waals surface area contributed by atoms with Gasteiger partial charge in [0.05, 0.1) is 21.8 Å². The summed E-state index contributed by atoms with van der Waals surface area (Å²) < 4.78 is 18.8. The summed E-state index contributed by atoms with van der Waals surface area (Å²) in [5.41, 5.74) is 1.96. The maximum Gasteiger partial charge on any atom is 0.280 e. The fourth-order valence-corrected chi connectivity index (χ4v) is 3.65. The van der Waals surface area contributed by atoms with E-state index in [9.17, 15) is 19.8 Å². The Hall–Kier alpha value is -4.09. The minimum Gasteiger partial charge on any atom is -0.456 e. The van der Waals surface area contributed by atoms with E-state index in [1.807, 2.05) is 0 Å². The maximum atomic E-state index is 13.1. The molecule has 0 unspecified atom stereocenters. The zero-order valence-corrected chi connectivity index (χ0v) is 16.1. The normalized spacial score (nSPS) is 11.3. The Morgan fingerprint density at radius 1 is 1.17 bits per heavy atom. The van der Waals surface area contributed by atoms with Gasteiger partial charge in [0, 0.05) is 23.1 Å². The molecule has 0 radical (unpaired) electrons. The summed E-state index contributed by atoms with van der Waals surface area (Å²) in [4.78, 5) is 15.2. The summed E-state index contributed by atoms with van der Waals surface area (Å²) in [5, 5.41) is 23.1. The summed E-state index contributed by atoms with van der Waals surface area (Å²) in [6.45, 7) is 0. The molecule has 6 nitrogen and oxygen atoms in total. The van der Waals surface area contributed by atoms with Crippen molar-refractivity contribution < 1.29 is 13.7 Å². The van der Waals surface area contributed by atoms with Crippen molar-refractivity contribution in [2.45, 2.75) is 0 Å². The van der Waals surface area contributed by atoms with Crippen LogP contribution in [-0.2, 0) is 0 Å². The van der Waals surface area contributed by atoms with Crippen LogP contribution >= 0.6 is 11.3 Å². The van der Waals surface area contributed by atoms with Crippen LogP contribution in [0.1, 0.15) is 10.8 Å². The monoisotopic (exact) mass is 417 g/mol. The molecule has 2 aromatic heterocycles. The number of hydrogen-bond donors (Lipinski definition) is 0. The second-order valence-electron chi connectivity index (χ2n) is 6.19. The molecule has 0 atom stereocenters. The molecule has 2 heterocycles. The molecule has 0 aliphatic carbocycles. The predicted molar refractivity (Wildman–Crippen MR) is 112 cm³/mol. The molecule has 0 saturated heterocycles. The molecule has 0 amide bonds. The van der Waals surface area contributed by atoms with Gasteiger partial charge in [0.1, 0.15) is 28.4 Å². The first-order valence-corrected chi connectivity index (χ1v) is 9.60. The van der Waals surface area contributed by atoms with E-state index in [2.05, 4.69) is 11.1 Å². The molecule has 0 aliphatic rings. The van der Waals surface area contributed by atoms with Crippen LogP contribution in [0.4, 0.5) is 10.1 Å². The molecule has 0 spiro atoms. The van der Waals surface area contributed by atoms with Gasteiger partial charge in [-0.3, -0.25) is 10.1 Å². The molecule has 0 bridgehead atoms. The molecule has 0 N–H and O–H groups in total. The first kappa shape index (κ1) is 19.2. The zero-order chi connectivity index (χ0) is 21.1. The molecule has 0 saturated carbocycles. The highest BCUT2D eigenvalue weighted by atomic mass is 32.1. The van der Waals surface area contributed by atoms with E-state index in [1.54, 1.807) is 47.8 Å². The third kappa shape index (κ3) is 3.87. The van der Waals surface area contributed by atoms with Gasteiger partial charge in [0.2, 0.25) is 0 Å². The van der Waals surface area contributed by atoms with Crippen molar-refractivity contribution in [1.29, 1.82) is 5.26 Å². The van der Waals surface area contributed by atoms with Gasteiger partial charge < -0.3 is 4.42 Å². The molecule has 4 aromatic rings. The lowest BCUT2D eigenvalue weighted by Crippen LogP contribution is -1.90. The van der Waals surface area contributed by atoms with Gasteiger partial charge in [-0.1, -0.05) is 12.1 Å². The molecule has 0 aliphatic heterocycles. The second kappa shape index (κ2) is 8.11. The number of thiazole rings is 1. The summed E-state index contributed by atoms with van der Waals surface area (Å²) in [7, 11) is 0. The number of allylic oxidation sites excluding steroid dienone is 1. The van der Waals surface area contributed by atoms with Gasteiger partial charge in [-0.05, 0) is 42.5 Å². The molecule has 8 heteroatoms. The van der Waals surface area contributed by atoms with Crippen LogP contribution in [0.3, 0.4) is 0 Å². The fraction of sp³-hybridized carbons (Fsp3) is 0. The summed E-state index contributed by atoms with van der Waals surface area (Å²) >= 11 is 1.28. The van der Waals surface area contributed by atoms with Crippen molar-refractivity contribution in [3.05, 3.63) is 92.7 Å². The average molecular weight is 417 g/mol. The number of halogens is 1. The topological polar surface area (TPSA) is 93.0 Å².